The SMILES string of the molecule is CC(C)C(NC(=O)C(N)CC(N)=O)C(=O)NC(CCCN=C(N)N)C(=O)NC(Cc1ccc(O)cc1)C(=O)O. The second-order valence-corrected chi connectivity index (χ2v) is 9.29. The zero-order chi connectivity index (χ0) is 29.7. The van der Waals surface area contributed by atoms with Gasteiger partial charge in [0.25, 0.3) is 0 Å². The zero-order valence-electron chi connectivity index (χ0n) is 21.9. The third-order valence-corrected chi connectivity index (χ3v) is 5.57. The number of nitrogens with zero attached hydrogens (tertiary/aromatic N) is 1. The Balaban J connectivity index is 3.06. The summed E-state index contributed by atoms with van der Waals surface area (Å²) in [4.78, 5) is 65.4. The third-order valence-electron chi connectivity index (χ3n) is 5.57. The van der Waals surface area contributed by atoms with Crippen molar-refractivity contribution in [1.29, 1.82) is 0 Å². The molecule has 4 unspecified atom stereocenters. The summed E-state index contributed by atoms with van der Waals surface area (Å²) in [5.41, 5.74) is 21.9. The van der Waals surface area contributed by atoms with Crippen LogP contribution in [0.1, 0.15) is 38.7 Å². The number of hydrogen-bond acceptors (Lipinski definition) is 8. The first kappa shape index (κ1) is 32.6. The van der Waals surface area contributed by atoms with E-state index in [9.17, 15) is 34.2 Å². The predicted octanol–water partition coefficient (Wildman–Crippen LogP) is -2.61. The first-order valence-corrected chi connectivity index (χ1v) is 12.2. The number of carboxylic acids is 1. The number of rotatable bonds is 16. The molecule has 4 amide bonds. The Hall–Kier alpha value is -4.40. The number of carbonyl (C=O) groups excluding carboxylic acids is 4. The van der Waals surface area contributed by atoms with Gasteiger partial charge in [0.2, 0.25) is 23.6 Å². The molecule has 1 rings (SSSR count). The molecule has 0 spiro atoms. The second kappa shape index (κ2) is 15.8. The van der Waals surface area contributed by atoms with Crippen LogP contribution in [-0.2, 0) is 30.4 Å². The van der Waals surface area contributed by atoms with Gasteiger partial charge in [-0.05, 0) is 36.5 Å². The van der Waals surface area contributed by atoms with Gasteiger partial charge >= 0.3 is 5.97 Å². The van der Waals surface area contributed by atoms with Crippen LogP contribution in [0.25, 0.3) is 0 Å². The molecular weight excluding hydrogens is 512 g/mol. The zero-order valence-corrected chi connectivity index (χ0v) is 21.9. The van der Waals surface area contributed by atoms with Gasteiger partial charge in [-0.2, -0.15) is 0 Å². The summed E-state index contributed by atoms with van der Waals surface area (Å²) in [5, 5.41) is 26.5. The van der Waals surface area contributed by atoms with Crippen molar-refractivity contribution in [2.45, 2.75) is 63.7 Å². The van der Waals surface area contributed by atoms with Crippen LogP contribution in [0.5, 0.6) is 5.75 Å². The Morgan fingerprint density at radius 3 is 2.00 bits per heavy atom. The predicted molar refractivity (Wildman–Crippen MR) is 142 cm³/mol. The normalized spacial score (nSPS) is 13.8. The van der Waals surface area contributed by atoms with Crippen LogP contribution >= 0.6 is 0 Å². The number of primary amides is 1. The molecule has 0 aliphatic rings. The molecule has 0 saturated heterocycles. The average molecular weight is 551 g/mol. The number of carboxylic acid groups (broad SMARTS) is 1. The molecule has 39 heavy (non-hydrogen) atoms. The van der Waals surface area contributed by atoms with Crippen LogP contribution in [0.2, 0.25) is 0 Å². The lowest BCUT2D eigenvalue weighted by Crippen LogP contribution is -2.58. The van der Waals surface area contributed by atoms with E-state index >= 15 is 0 Å². The summed E-state index contributed by atoms with van der Waals surface area (Å²) in [6.45, 7) is 3.44. The summed E-state index contributed by atoms with van der Waals surface area (Å²) in [6, 6.07) is 0.868. The Morgan fingerprint density at radius 2 is 1.49 bits per heavy atom. The number of hydrogen-bond donors (Lipinski definition) is 9. The molecule has 0 saturated carbocycles. The molecule has 0 aliphatic heterocycles. The summed E-state index contributed by atoms with van der Waals surface area (Å²) in [6.07, 6.45) is -0.210. The fourth-order valence-electron chi connectivity index (χ4n) is 3.48. The highest BCUT2D eigenvalue weighted by Crippen LogP contribution is 2.12. The average Bonchev–Trinajstić information content (AvgIpc) is 2.83. The van der Waals surface area contributed by atoms with E-state index in [4.69, 9.17) is 22.9 Å². The fraction of sp³-hybridized carbons (Fsp3) is 0.500. The lowest BCUT2D eigenvalue weighted by atomic mass is 10.0. The lowest BCUT2D eigenvalue weighted by molar-refractivity contribution is -0.142. The number of guanidine groups is 1. The number of amides is 4. The highest BCUT2D eigenvalue weighted by molar-refractivity contribution is 5.95. The molecule has 15 nitrogen and oxygen atoms in total. The van der Waals surface area contributed by atoms with Crippen molar-refractivity contribution in [2.24, 2.45) is 33.8 Å². The highest BCUT2D eigenvalue weighted by atomic mass is 16.4. The van der Waals surface area contributed by atoms with Gasteiger partial charge in [-0.15, -0.1) is 0 Å². The van der Waals surface area contributed by atoms with Crippen molar-refractivity contribution in [1.82, 2.24) is 16.0 Å². The molecule has 0 aliphatic carbocycles. The molecule has 1 aromatic rings. The van der Waals surface area contributed by atoms with E-state index < -0.39 is 66.1 Å². The number of benzene rings is 1. The van der Waals surface area contributed by atoms with E-state index in [1.54, 1.807) is 13.8 Å². The number of nitrogens with two attached hydrogens (primary N) is 4. The molecule has 0 fully saturated rings. The minimum atomic E-state index is -1.34. The number of aromatic hydroxyl groups is 1. The quantitative estimate of drug-likeness (QED) is 0.0587. The number of aliphatic carboxylic acids is 1. The number of phenolic OH excluding ortho intramolecular Hbond substituents is 1. The maximum atomic E-state index is 13.1. The van der Waals surface area contributed by atoms with Crippen LogP contribution in [-0.4, -0.2) is 76.5 Å². The van der Waals surface area contributed by atoms with E-state index in [-0.39, 0.29) is 37.5 Å². The third kappa shape index (κ3) is 12.1. The monoisotopic (exact) mass is 550 g/mol. The van der Waals surface area contributed by atoms with Crippen molar-refractivity contribution in [3.8, 4) is 5.75 Å². The molecule has 216 valence electrons. The molecule has 0 radical (unpaired) electrons. The first-order valence-electron chi connectivity index (χ1n) is 12.2. The second-order valence-electron chi connectivity index (χ2n) is 9.29. The molecular formula is C24H38N8O7. The Bertz CT molecular complexity index is 1040. The summed E-state index contributed by atoms with van der Waals surface area (Å²) >= 11 is 0. The standard InChI is InChI=1S/C24H38N8O7/c1-12(2)19(32-20(35)15(25)11-18(26)34)22(37)30-16(4-3-9-29-24(27)28)21(36)31-17(23(38)39)10-13-5-7-14(33)8-6-13/h5-8,12,15-17,19,33H,3-4,9-11,25H2,1-2H3,(H2,26,34)(H,30,37)(H,31,36)(H,32,35)(H,38,39)(H4,27,28,29). The Kier molecular flexibility index (Phi) is 13.2. The summed E-state index contributed by atoms with van der Waals surface area (Å²) < 4.78 is 0. The molecule has 1 aromatic carbocycles. The van der Waals surface area contributed by atoms with E-state index in [0.29, 0.717) is 5.56 Å². The number of carbonyl (C=O) groups is 5. The van der Waals surface area contributed by atoms with Crippen molar-refractivity contribution in [2.75, 3.05) is 6.54 Å². The van der Waals surface area contributed by atoms with Crippen LogP contribution in [0.4, 0.5) is 0 Å². The first-order chi connectivity index (χ1) is 18.2. The van der Waals surface area contributed by atoms with Gasteiger partial charge in [-0.1, -0.05) is 26.0 Å². The molecule has 13 N–H and O–H groups in total. The largest absolute Gasteiger partial charge is 0.508 e. The smallest absolute Gasteiger partial charge is 0.326 e. The lowest BCUT2D eigenvalue weighted by Gasteiger charge is -2.27. The van der Waals surface area contributed by atoms with Gasteiger partial charge in [-0.25, -0.2) is 4.79 Å². The minimum Gasteiger partial charge on any atom is -0.508 e. The van der Waals surface area contributed by atoms with Crippen LogP contribution in [0, 0.1) is 5.92 Å². The van der Waals surface area contributed by atoms with E-state index in [1.165, 1.54) is 24.3 Å². The number of phenols is 1. The highest BCUT2D eigenvalue weighted by Gasteiger charge is 2.32. The van der Waals surface area contributed by atoms with Crippen molar-refractivity contribution in [3.05, 3.63) is 29.8 Å². The van der Waals surface area contributed by atoms with Gasteiger partial charge in [0.05, 0.1) is 12.5 Å². The van der Waals surface area contributed by atoms with Gasteiger partial charge in [0.1, 0.15) is 23.9 Å². The maximum absolute atomic E-state index is 13.1. The van der Waals surface area contributed by atoms with Crippen LogP contribution < -0.4 is 38.9 Å². The van der Waals surface area contributed by atoms with Gasteiger partial charge < -0.3 is 49.1 Å². The van der Waals surface area contributed by atoms with Crippen LogP contribution in [0.3, 0.4) is 0 Å². The summed E-state index contributed by atoms with van der Waals surface area (Å²) in [5.74, 6) is -4.98. The fourth-order valence-corrected chi connectivity index (χ4v) is 3.48. The van der Waals surface area contributed by atoms with Crippen molar-refractivity contribution in [3.63, 3.8) is 0 Å². The number of aliphatic imine (C=N–C) groups is 1. The van der Waals surface area contributed by atoms with E-state index in [1.807, 2.05) is 0 Å². The van der Waals surface area contributed by atoms with Crippen molar-refractivity contribution >= 4 is 35.6 Å². The van der Waals surface area contributed by atoms with Gasteiger partial charge in [0.15, 0.2) is 5.96 Å². The van der Waals surface area contributed by atoms with Gasteiger partial charge in [-0.3, -0.25) is 24.2 Å². The molecule has 0 heterocycles. The van der Waals surface area contributed by atoms with Crippen molar-refractivity contribution < 1.29 is 34.2 Å². The van der Waals surface area contributed by atoms with E-state index in [2.05, 4.69) is 20.9 Å². The molecule has 4 atom stereocenters. The topological polar surface area (TPSA) is 278 Å². The maximum Gasteiger partial charge on any atom is 0.326 e. The van der Waals surface area contributed by atoms with Gasteiger partial charge in [0, 0.05) is 13.0 Å². The molecule has 0 bridgehead atoms. The Morgan fingerprint density at radius 1 is 0.897 bits per heavy atom. The van der Waals surface area contributed by atoms with Crippen LogP contribution in [0.15, 0.2) is 29.3 Å². The molecule has 15 heteroatoms. The summed E-state index contributed by atoms with van der Waals surface area (Å²) in [7, 11) is 0. The number of nitrogens with one attached hydrogen (secondary N) is 3. The Labute approximate surface area is 225 Å². The van der Waals surface area contributed by atoms with E-state index in [0.717, 1.165) is 0 Å². The molecule has 0 aromatic heterocycles. The minimum absolute atomic E-state index is 0.000549.